The van der Waals surface area contributed by atoms with Crippen LogP contribution in [0.1, 0.15) is 34.3 Å². The summed E-state index contributed by atoms with van der Waals surface area (Å²) < 4.78 is 0. The molecule has 0 radical (unpaired) electrons. The standard InChI is InChI=1S/C22H21NO2/c1-15-7-8-19(13-16(15)2)21(24)11-12-22(25)23-20-10-9-17-5-3-4-6-18(17)14-20/h3-10,13-14H,11-12H2,1-2H3,(H,23,25). The summed E-state index contributed by atoms with van der Waals surface area (Å²) >= 11 is 0. The maximum atomic E-state index is 12.3. The Morgan fingerprint density at radius 3 is 2.32 bits per heavy atom. The summed E-state index contributed by atoms with van der Waals surface area (Å²) in [5, 5.41) is 5.08. The Bertz CT molecular complexity index is 944. The third kappa shape index (κ3) is 4.13. The van der Waals surface area contributed by atoms with Crippen LogP contribution in [0.2, 0.25) is 0 Å². The molecule has 3 aromatic rings. The van der Waals surface area contributed by atoms with Gasteiger partial charge >= 0.3 is 0 Å². The molecule has 0 spiro atoms. The molecule has 126 valence electrons. The number of ketones is 1. The van der Waals surface area contributed by atoms with Crippen LogP contribution in [0.25, 0.3) is 10.8 Å². The van der Waals surface area contributed by atoms with Crippen LogP contribution in [0, 0.1) is 13.8 Å². The van der Waals surface area contributed by atoms with Crippen LogP contribution in [-0.2, 0) is 4.79 Å². The smallest absolute Gasteiger partial charge is 0.224 e. The lowest BCUT2D eigenvalue weighted by Crippen LogP contribution is -2.13. The molecule has 0 saturated carbocycles. The molecule has 0 saturated heterocycles. The fourth-order valence-electron chi connectivity index (χ4n) is 2.78. The zero-order valence-corrected chi connectivity index (χ0v) is 14.5. The van der Waals surface area contributed by atoms with Gasteiger partial charge in [-0.3, -0.25) is 9.59 Å². The predicted octanol–water partition coefficient (Wildman–Crippen LogP) is 5.06. The number of hydrogen-bond acceptors (Lipinski definition) is 2. The van der Waals surface area contributed by atoms with Crippen molar-refractivity contribution < 1.29 is 9.59 Å². The van der Waals surface area contributed by atoms with E-state index in [2.05, 4.69) is 5.32 Å². The highest BCUT2D eigenvalue weighted by Crippen LogP contribution is 2.19. The summed E-state index contributed by atoms with van der Waals surface area (Å²) in [6.07, 6.45) is 0.389. The van der Waals surface area contributed by atoms with Crippen molar-refractivity contribution in [3.63, 3.8) is 0 Å². The van der Waals surface area contributed by atoms with E-state index >= 15 is 0 Å². The number of aryl methyl sites for hydroxylation is 2. The van der Waals surface area contributed by atoms with Gasteiger partial charge < -0.3 is 5.32 Å². The summed E-state index contributed by atoms with van der Waals surface area (Å²) in [6.45, 7) is 4.00. The second-order valence-electron chi connectivity index (χ2n) is 6.33. The zero-order valence-electron chi connectivity index (χ0n) is 14.5. The Balaban J connectivity index is 1.59. The van der Waals surface area contributed by atoms with E-state index in [1.165, 1.54) is 0 Å². The number of hydrogen-bond donors (Lipinski definition) is 1. The number of anilines is 1. The van der Waals surface area contributed by atoms with Crippen LogP contribution < -0.4 is 5.32 Å². The highest BCUT2D eigenvalue weighted by atomic mass is 16.2. The first-order valence-corrected chi connectivity index (χ1v) is 8.42. The molecular formula is C22H21NO2. The van der Waals surface area contributed by atoms with Gasteiger partial charge in [-0.25, -0.2) is 0 Å². The molecule has 3 aromatic carbocycles. The summed E-state index contributed by atoms with van der Waals surface area (Å²) in [4.78, 5) is 24.4. The number of benzene rings is 3. The average Bonchev–Trinajstić information content (AvgIpc) is 2.62. The van der Waals surface area contributed by atoms with Crippen LogP contribution in [0.5, 0.6) is 0 Å². The number of rotatable bonds is 5. The van der Waals surface area contributed by atoms with E-state index < -0.39 is 0 Å². The number of amides is 1. The first-order chi connectivity index (χ1) is 12.0. The van der Waals surface area contributed by atoms with Crippen molar-refractivity contribution in [2.24, 2.45) is 0 Å². The third-order valence-corrected chi connectivity index (χ3v) is 4.44. The minimum absolute atomic E-state index is 0.00300. The van der Waals surface area contributed by atoms with Gasteiger partial charge in [-0.2, -0.15) is 0 Å². The second kappa shape index (κ2) is 7.31. The van der Waals surface area contributed by atoms with E-state index in [0.717, 1.165) is 27.6 Å². The zero-order chi connectivity index (χ0) is 17.8. The fraction of sp³-hybridized carbons (Fsp3) is 0.182. The first-order valence-electron chi connectivity index (χ1n) is 8.42. The van der Waals surface area contributed by atoms with Crippen LogP contribution in [0.15, 0.2) is 60.7 Å². The van der Waals surface area contributed by atoms with Gasteiger partial charge in [0.15, 0.2) is 5.78 Å². The molecule has 3 heteroatoms. The molecule has 0 unspecified atom stereocenters. The Kier molecular flexibility index (Phi) is 4.94. The maximum absolute atomic E-state index is 12.3. The normalized spacial score (nSPS) is 10.6. The summed E-state index contributed by atoms with van der Waals surface area (Å²) in [5.41, 5.74) is 3.67. The highest BCUT2D eigenvalue weighted by molar-refractivity contribution is 6.00. The summed E-state index contributed by atoms with van der Waals surface area (Å²) in [6, 6.07) is 19.4. The molecule has 0 atom stereocenters. The van der Waals surface area contributed by atoms with Crippen molar-refractivity contribution in [2.45, 2.75) is 26.7 Å². The van der Waals surface area contributed by atoms with Crippen LogP contribution in [0.3, 0.4) is 0 Å². The fourth-order valence-corrected chi connectivity index (χ4v) is 2.78. The average molecular weight is 331 g/mol. The Labute approximate surface area is 147 Å². The van der Waals surface area contributed by atoms with Crippen molar-refractivity contribution in [3.05, 3.63) is 77.4 Å². The molecule has 0 heterocycles. The topological polar surface area (TPSA) is 46.2 Å². The maximum Gasteiger partial charge on any atom is 0.224 e. The van der Waals surface area contributed by atoms with Crippen LogP contribution in [-0.4, -0.2) is 11.7 Å². The van der Waals surface area contributed by atoms with E-state index in [0.29, 0.717) is 5.56 Å². The minimum atomic E-state index is -0.146. The lowest BCUT2D eigenvalue weighted by atomic mass is 10.0. The number of fused-ring (bicyclic) bond motifs is 1. The largest absolute Gasteiger partial charge is 0.326 e. The summed E-state index contributed by atoms with van der Waals surface area (Å²) in [7, 11) is 0. The van der Waals surface area contributed by atoms with Crippen LogP contribution in [0.4, 0.5) is 5.69 Å². The van der Waals surface area contributed by atoms with Gasteiger partial charge in [0, 0.05) is 24.1 Å². The van der Waals surface area contributed by atoms with Crippen LogP contribution >= 0.6 is 0 Å². The molecule has 25 heavy (non-hydrogen) atoms. The molecule has 0 aromatic heterocycles. The predicted molar refractivity (Wildman–Crippen MR) is 102 cm³/mol. The quantitative estimate of drug-likeness (QED) is 0.664. The molecule has 0 bridgehead atoms. The Hall–Kier alpha value is -2.94. The van der Waals surface area contributed by atoms with E-state index in [1.54, 1.807) is 0 Å². The van der Waals surface area contributed by atoms with Crippen molar-refractivity contribution in [1.82, 2.24) is 0 Å². The molecule has 3 nitrogen and oxygen atoms in total. The van der Waals surface area contributed by atoms with Crippen molar-refractivity contribution in [3.8, 4) is 0 Å². The molecule has 1 N–H and O–H groups in total. The van der Waals surface area contributed by atoms with Gasteiger partial charge in [0.25, 0.3) is 0 Å². The molecule has 0 aliphatic heterocycles. The van der Waals surface area contributed by atoms with E-state index in [9.17, 15) is 9.59 Å². The lowest BCUT2D eigenvalue weighted by molar-refractivity contribution is -0.116. The molecule has 3 rings (SSSR count). The van der Waals surface area contributed by atoms with Gasteiger partial charge in [0.05, 0.1) is 0 Å². The molecular weight excluding hydrogens is 310 g/mol. The number of carbonyl (C=O) groups excluding carboxylic acids is 2. The van der Waals surface area contributed by atoms with Crippen molar-refractivity contribution in [1.29, 1.82) is 0 Å². The van der Waals surface area contributed by atoms with Gasteiger partial charge in [0.2, 0.25) is 5.91 Å². The Morgan fingerprint density at radius 1 is 0.800 bits per heavy atom. The number of carbonyl (C=O) groups is 2. The molecule has 0 fully saturated rings. The minimum Gasteiger partial charge on any atom is -0.326 e. The monoisotopic (exact) mass is 331 g/mol. The molecule has 1 amide bonds. The molecule has 0 aliphatic rings. The van der Waals surface area contributed by atoms with Gasteiger partial charge in [-0.15, -0.1) is 0 Å². The van der Waals surface area contributed by atoms with Gasteiger partial charge in [-0.1, -0.05) is 42.5 Å². The Morgan fingerprint density at radius 2 is 1.56 bits per heavy atom. The van der Waals surface area contributed by atoms with Crippen molar-refractivity contribution in [2.75, 3.05) is 5.32 Å². The SMILES string of the molecule is Cc1ccc(C(=O)CCC(=O)Nc2ccc3ccccc3c2)cc1C. The van der Waals surface area contributed by atoms with E-state index in [4.69, 9.17) is 0 Å². The summed E-state index contributed by atoms with van der Waals surface area (Å²) in [5.74, 6) is -0.149. The lowest BCUT2D eigenvalue weighted by Gasteiger charge is -2.07. The second-order valence-corrected chi connectivity index (χ2v) is 6.33. The number of nitrogens with one attached hydrogen (secondary N) is 1. The van der Waals surface area contributed by atoms with Gasteiger partial charge in [-0.05, 0) is 53.9 Å². The first kappa shape index (κ1) is 16.9. The van der Waals surface area contributed by atoms with Gasteiger partial charge in [0.1, 0.15) is 0 Å². The van der Waals surface area contributed by atoms with Crippen molar-refractivity contribution >= 4 is 28.2 Å². The number of Topliss-reactive ketones (excluding diaryl/α,β-unsaturated/α-hetero) is 1. The highest BCUT2D eigenvalue weighted by Gasteiger charge is 2.10. The van der Waals surface area contributed by atoms with E-state index in [-0.39, 0.29) is 24.5 Å². The van der Waals surface area contributed by atoms with E-state index in [1.807, 2.05) is 74.5 Å². The molecule has 0 aliphatic carbocycles. The third-order valence-electron chi connectivity index (χ3n) is 4.44.